The number of carboxylic acids is 1. The SMILES string of the molecule is O=C(O)C1=C2N=c3ccccc3=CN2CC=C1. The summed E-state index contributed by atoms with van der Waals surface area (Å²) >= 11 is 0. The second-order valence-electron chi connectivity index (χ2n) is 3.90. The Labute approximate surface area is 97.5 Å². The molecule has 0 aromatic heterocycles. The van der Waals surface area contributed by atoms with Crippen LogP contribution in [0.3, 0.4) is 0 Å². The Hall–Kier alpha value is -2.36. The van der Waals surface area contributed by atoms with Crippen LogP contribution in [0.2, 0.25) is 0 Å². The zero-order valence-electron chi connectivity index (χ0n) is 9.00. The lowest BCUT2D eigenvalue weighted by Crippen LogP contribution is -2.36. The first kappa shape index (κ1) is 9.84. The van der Waals surface area contributed by atoms with Gasteiger partial charge in [0, 0.05) is 18.0 Å². The molecule has 1 aromatic rings. The van der Waals surface area contributed by atoms with Crippen LogP contribution in [0.5, 0.6) is 0 Å². The Morgan fingerprint density at radius 3 is 3.00 bits per heavy atom. The van der Waals surface area contributed by atoms with E-state index in [1.165, 1.54) is 0 Å². The Kier molecular flexibility index (Phi) is 2.08. The largest absolute Gasteiger partial charge is 0.478 e. The molecule has 2 aliphatic heterocycles. The van der Waals surface area contributed by atoms with E-state index in [0.29, 0.717) is 12.4 Å². The maximum absolute atomic E-state index is 11.1. The third kappa shape index (κ3) is 1.54. The molecule has 0 saturated heterocycles. The molecule has 0 unspecified atom stereocenters. The van der Waals surface area contributed by atoms with E-state index in [9.17, 15) is 4.79 Å². The lowest BCUT2D eigenvalue weighted by Gasteiger charge is -2.25. The van der Waals surface area contributed by atoms with Gasteiger partial charge in [-0.25, -0.2) is 9.79 Å². The predicted molar refractivity (Wildman–Crippen MR) is 62.2 cm³/mol. The molecule has 0 saturated carbocycles. The average Bonchev–Trinajstić information content (AvgIpc) is 2.35. The smallest absolute Gasteiger partial charge is 0.339 e. The number of hydrogen-bond donors (Lipinski definition) is 1. The molecule has 0 bridgehead atoms. The Balaban J connectivity index is 2.30. The lowest BCUT2D eigenvalue weighted by atomic mass is 10.1. The number of nitrogens with zero attached hydrogens (tertiary/aromatic N) is 2. The molecular weight excluding hydrogens is 216 g/mol. The topological polar surface area (TPSA) is 52.9 Å². The number of benzene rings is 1. The predicted octanol–water partition coefficient (Wildman–Crippen LogP) is 0.226. The Morgan fingerprint density at radius 1 is 1.35 bits per heavy atom. The van der Waals surface area contributed by atoms with Crippen molar-refractivity contribution in [2.45, 2.75) is 0 Å². The summed E-state index contributed by atoms with van der Waals surface area (Å²) in [7, 11) is 0. The zero-order valence-corrected chi connectivity index (χ0v) is 9.00. The molecular formula is C13H10N2O2. The minimum atomic E-state index is -0.947. The van der Waals surface area contributed by atoms with Gasteiger partial charge in [-0.3, -0.25) is 0 Å². The fraction of sp³-hybridized carbons (Fsp3) is 0.0769. The highest BCUT2D eigenvalue weighted by Crippen LogP contribution is 2.19. The monoisotopic (exact) mass is 226 g/mol. The molecule has 2 aliphatic rings. The van der Waals surface area contributed by atoms with E-state index in [1.807, 2.05) is 41.4 Å². The summed E-state index contributed by atoms with van der Waals surface area (Å²) in [5.74, 6) is -0.434. The molecule has 4 heteroatoms. The van der Waals surface area contributed by atoms with Gasteiger partial charge in [0.2, 0.25) is 0 Å². The molecule has 4 nitrogen and oxygen atoms in total. The Bertz CT molecular complexity index is 671. The molecule has 0 fully saturated rings. The quantitative estimate of drug-likeness (QED) is 0.745. The second kappa shape index (κ2) is 3.59. The average molecular weight is 226 g/mol. The molecule has 0 aliphatic carbocycles. The standard InChI is InChI=1S/C13H10N2O2/c16-13(17)10-5-3-7-15-8-9-4-1-2-6-11(9)14-12(10)15/h1-6,8H,7H2,(H,16,17). The first-order chi connectivity index (χ1) is 8.25. The minimum Gasteiger partial charge on any atom is -0.478 e. The van der Waals surface area contributed by atoms with Crippen LogP contribution in [0.25, 0.3) is 6.20 Å². The van der Waals surface area contributed by atoms with Gasteiger partial charge in [-0.2, -0.15) is 0 Å². The summed E-state index contributed by atoms with van der Waals surface area (Å²) in [6, 6.07) is 7.69. The van der Waals surface area contributed by atoms with Gasteiger partial charge in [-0.05, 0) is 12.1 Å². The number of para-hydroxylation sites is 1. The van der Waals surface area contributed by atoms with Crippen LogP contribution in [-0.2, 0) is 4.79 Å². The van der Waals surface area contributed by atoms with Crippen LogP contribution in [0, 0.1) is 0 Å². The summed E-state index contributed by atoms with van der Waals surface area (Å²) in [6.07, 6.45) is 5.37. The normalized spacial score (nSPS) is 16.8. The summed E-state index contributed by atoms with van der Waals surface area (Å²) in [5.41, 5.74) is 0.238. The van der Waals surface area contributed by atoms with Gasteiger partial charge in [0.25, 0.3) is 0 Å². The summed E-state index contributed by atoms with van der Waals surface area (Å²) in [4.78, 5) is 17.4. The molecule has 0 amide bonds. The van der Waals surface area contributed by atoms with Gasteiger partial charge in [-0.15, -0.1) is 0 Å². The summed E-state index contributed by atoms with van der Waals surface area (Å²) in [5, 5.41) is 10.9. The van der Waals surface area contributed by atoms with Crippen molar-refractivity contribution in [1.29, 1.82) is 0 Å². The van der Waals surface area contributed by atoms with E-state index in [1.54, 1.807) is 6.08 Å². The summed E-state index contributed by atoms with van der Waals surface area (Å²) in [6.45, 7) is 0.657. The van der Waals surface area contributed by atoms with E-state index in [-0.39, 0.29) is 5.57 Å². The van der Waals surface area contributed by atoms with Crippen molar-refractivity contribution in [2.75, 3.05) is 6.54 Å². The van der Waals surface area contributed by atoms with Crippen molar-refractivity contribution in [1.82, 2.24) is 4.90 Å². The molecule has 0 radical (unpaired) electrons. The number of fused-ring (bicyclic) bond motifs is 2. The van der Waals surface area contributed by atoms with Crippen LogP contribution in [-0.4, -0.2) is 22.5 Å². The fourth-order valence-corrected chi connectivity index (χ4v) is 1.99. The van der Waals surface area contributed by atoms with Crippen molar-refractivity contribution in [3.63, 3.8) is 0 Å². The van der Waals surface area contributed by atoms with Gasteiger partial charge in [0.1, 0.15) is 11.4 Å². The molecule has 1 aromatic carbocycles. The number of carbonyl (C=O) groups is 1. The minimum absolute atomic E-state index is 0.238. The molecule has 2 heterocycles. The van der Waals surface area contributed by atoms with Crippen molar-refractivity contribution in [3.05, 3.63) is 58.4 Å². The third-order valence-electron chi connectivity index (χ3n) is 2.79. The molecule has 3 rings (SSSR count). The van der Waals surface area contributed by atoms with Gasteiger partial charge >= 0.3 is 5.97 Å². The highest BCUT2D eigenvalue weighted by atomic mass is 16.4. The molecule has 0 atom stereocenters. The van der Waals surface area contributed by atoms with Gasteiger partial charge in [0.05, 0.1) is 5.36 Å². The van der Waals surface area contributed by atoms with E-state index < -0.39 is 5.97 Å². The number of hydrogen-bond acceptors (Lipinski definition) is 3. The number of carboxylic acid groups (broad SMARTS) is 1. The molecule has 1 N–H and O–H groups in total. The van der Waals surface area contributed by atoms with Crippen molar-refractivity contribution < 1.29 is 9.90 Å². The second-order valence-corrected chi connectivity index (χ2v) is 3.90. The van der Waals surface area contributed by atoms with Crippen LogP contribution in [0.1, 0.15) is 0 Å². The summed E-state index contributed by atoms with van der Waals surface area (Å²) < 4.78 is 0. The van der Waals surface area contributed by atoms with Crippen molar-refractivity contribution >= 4 is 12.2 Å². The van der Waals surface area contributed by atoms with E-state index in [0.717, 1.165) is 10.6 Å². The van der Waals surface area contributed by atoms with Crippen LogP contribution >= 0.6 is 0 Å². The maximum Gasteiger partial charge on any atom is 0.339 e. The highest BCUT2D eigenvalue weighted by molar-refractivity contribution is 5.91. The van der Waals surface area contributed by atoms with Crippen LogP contribution in [0.4, 0.5) is 0 Å². The van der Waals surface area contributed by atoms with Crippen molar-refractivity contribution in [3.8, 4) is 0 Å². The maximum atomic E-state index is 11.1. The number of rotatable bonds is 1. The van der Waals surface area contributed by atoms with Crippen molar-refractivity contribution in [2.24, 2.45) is 4.99 Å². The van der Waals surface area contributed by atoms with E-state index >= 15 is 0 Å². The van der Waals surface area contributed by atoms with Gasteiger partial charge < -0.3 is 10.0 Å². The van der Waals surface area contributed by atoms with Crippen LogP contribution in [0.15, 0.2) is 52.8 Å². The molecule has 0 spiro atoms. The first-order valence-corrected chi connectivity index (χ1v) is 5.32. The molecule has 17 heavy (non-hydrogen) atoms. The third-order valence-corrected chi connectivity index (χ3v) is 2.79. The van der Waals surface area contributed by atoms with Gasteiger partial charge in [-0.1, -0.05) is 24.3 Å². The molecule has 84 valence electrons. The van der Waals surface area contributed by atoms with Crippen LogP contribution < -0.4 is 10.6 Å². The zero-order chi connectivity index (χ0) is 11.8. The number of aliphatic carboxylic acids is 1. The highest BCUT2D eigenvalue weighted by Gasteiger charge is 2.20. The van der Waals surface area contributed by atoms with E-state index in [2.05, 4.69) is 4.99 Å². The van der Waals surface area contributed by atoms with Gasteiger partial charge in [0.15, 0.2) is 0 Å². The fourth-order valence-electron chi connectivity index (χ4n) is 1.99. The Morgan fingerprint density at radius 2 is 2.18 bits per heavy atom. The first-order valence-electron chi connectivity index (χ1n) is 5.32. The van der Waals surface area contributed by atoms with E-state index in [4.69, 9.17) is 5.11 Å². The lowest BCUT2D eigenvalue weighted by molar-refractivity contribution is -0.132.